The van der Waals surface area contributed by atoms with Gasteiger partial charge in [0, 0.05) is 0 Å². The minimum absolute atomic E-state index is 1.30. The summed E-state index contributed by atoms with van der Waals surface area (Å²) in [6.07, 6.45) is 0. The van der Waals surface area contributed by atoms with Gasteiger partial charge in [0.15, 0.2) is 0 Å². The zero-order valence-corrected chi connectivity index (χ0v) is 32.3. The highest BCUT2D eigenvalue weighted by atomic mass is 35.6. The first-order chi connectivity index (χ1) is 17.0. The lowest BCUT2D eigenvalue weighted by atomic mass is 10.2. The molecule has 206 valence electrons. The van der Waals surface area contributed by atoms with Crippen LogP contribution in [0.1, 0.15) is 11.1 Å². The average Bonchev–Trinajstić information content (AvgIpc) is 2.74. The van der Waals surface area contributed by atoms with Crippen LogP contribution in [0.3, 0.4) is 0 Å². The second-order valence-electron chi connectivity index (χ2n) is 15.6. The summed E-state index contributed by atoms with van der Waals surface area (Å²) in [4.78, 5) is 0. The maximum absolute atomic E-state index is 8.35. The molecule has 0 atom stereocenters. The lowest BCUT2D eigenvalue weighted by Gasteiger charge is -2.33. The SMILES string of the molecule is Cc1cc(C)cc([Si](Cl)(c2cc([Si](C)(C)C)cc([Si](C)(C)C)c2)c2cc([Si](C)(C)C)cc([Si](C)(C)C)c2)c1. The molecular formula is C32H51ClSi5. The van der Waals surface area contributed by atoms with Crippen LogP contribution in [0, 0.1) is 13.8 Å². The Kier molecular flexibility index (Phi) is 8.69. The van der Waals surface area contributed by atoms with E-state index in [4.69, 9.17) is 11.1 Å². The minimum atomic E-state index is -2.82. The van der Waals surface area contributed by atoms with Gasteiger partial charge in [-0.3, -0.25) is 0 Å². The van der Waals surface area contributed by atoms with Crippen molar-refractivity contribution in [2.75, 3.05) is 0 Å². The normalized spacial score (nSPS) is 13.7. The van der Waals surface area contributed by atoms with E-state index in [2.05, 4.69) is 147 Å². The van der Waals surface area contributed by atoms with Crippen LogP contribution < -0.4 is 36.3 Å². The van der Waals surface area contributed by atoms with E-state index in [0.717, 1.165) is 0 Å². The van der Waals surface area contributed by atoms with E-state index >= 15 is 0 Å². The van der Waals surface area contributed by atoms with Crippen LogP contribution in [0.4, 0.5) is 0 Å². The molecule has 0 aliphatic carbocycles. The van der Waals surface area contributed by atoms with E-state index in [-0.39, 0.29) is 0 Å². The lowest BCUT2D eigenvalue weighted by molar-refractivity contribution is 1.40. The second-order valence-corrected chi connectivity index (χ2v) is 40.7. The molecule has 0 aliphatic rings. The molecule has 3 aromatic rings. The summed E-state index contributed by atoms with van der Waals surface area (Å²) >= 11 is 8.35. The second kappa shape index (κ2) is 10.5. The van der Waals surface area contributed by atoms with Gasteiger partial charge in [-0.1, -0.05) is 165 Å². The standard InChI is InChI=1S/C32H51ClSi5/c1-24-15-25(2)17-30(16-24)38(33,31-20-26(34(3,4)5)18-27(21-31)35(6,7)8)32-22-28(36(9,10)11)19-29(23-32)37(12,13)14/h15-23H,1-14H3. The molecule has 0 saturated heterocycles. The first-order valence-electron chi connectivity index (χ1n) is 14.1. The molecule has 6 heteroatoms. The predicted molar refractivity (Wildman–Crippen MR) is 191 cm³/mol. The molecule has 0 N–H and O–H groups in total. The number of hydrogen-bond acceptors (Lipinski definition) is 0. The Hall–Kier alpha value is -0.966. The molecule has 0 radical (unpaired) electrons. The van der Waals surface area contributed by atoms with Crippen LogP contribution in [0.5, 0.6) is 0 Å². The van der Waals surface area contributed by atoms with Crippen molar-refractivity contribution in [2.24, 2.45) is 0 Å². The van der Waals surface area contributed by atoms with Gasteiger partial charge in [0.2, 0.25) is 7.38 Å². The summed E-state index contributed by atoms with van der Waals surface area (Å²) < 4.78 is 0. The number of aryl methyl sites for hydroxylation is 2. The molecule has 0 aromatic heterocycles. The van der Waals surface area contributed by atoms with Crippen molar-refractivity contribution in [3.05, 3.63) is 65.7 Å². The molecule has 0 nitrogen and oxygen atoms in total. The first kappa shape index (κ1) is 31.6. The Balaban J connectivity index is 2.56. The van der Waals surface area contributed by atoms with Gasteiger partial charge in [-0.25, -0.2) is 0 Å². The molecule has 3 rings (SSSR count). The van der Waals surface area contributed by atoms with Gasteiger partial charge in [0.1, 0.15) is 0 Å². The summed E-state index contributed by atoms with van der Waals surface area (Å²) in [6, 6.07) is 22.3. The third-order valence-corrected chi connectivity index (χ3v) is 21.0. The fourth-order valence-corrected chi connectivity index (χ4v) is 14.9. The van der Waals surface area contributed by atoms with Crippen molar-refractivity contribution in [2.45, 2.75) is 92.4 Å². The van der Waals surface area contributed by atoms with E-state index in [1.807, 2.05) is 0 Å². The van der Waals surface area contributed by atoms with Gasteiger partial charge in [-0.15, -0.1) is 11.1 Å². The minimum Gasteiger partial charge on any atom is -0.149 e. The van der Waals surface area contributed by atoms with Gasteiger partial charge in [0.05, 0.1) is 32.3 Å². The van der Waals surface area contributed by atoms with Crippen LogP contribution >= 0.6 is 11.1 Å². The van der Waals surface area contributed by atoms with E-state index in [1.165, 1.54) is 26.7 Å². The van der Waals surface area contributed by atoms with Crippen LogP contribution in [0.2, 0.25) is 78.6 Å². The zero-order valence-electron chi connectivity index (χ0n) is 26.6. The molecule has 0 heterocycles. The van der Waals surface area contributed by atoms with Crippen LogP contribution in [0.25, 0.3) is 0 Å². The smallest absolute Gasteiger partial charge is 0.149 e. The van der Waals surface area contributed by atoms with E-state index in [1.54, 1.807) is 20.7 Å². The van der Waals surface area contributed by atoms with Gasteiger partial charge in [0.25, 0.3) is 0 Å². The van der Waals surface area contributed by atoms with Gasteiger partial charge in [-0.05, 0) is 29.4 Å². The third kappa shape index (κ3) is 6.84. The number of rotatable bonds is 7. The molecule has 3 aromatic carbocycles. The molecule has 0 unspecified atom stereocenters. The fraction of sp³-hybridized carbons (Fsp3) is 0.438. The Labute approximate surface area is 244 Å². The summed E-state index contributed by atoms with van der Waals surface area (Å²) in [6.45, 7) is 34.2. The van der Waals surface area contributed by atoms with Gasteiger partial charge < -0.3 is 0 Å². The molecule has 0 saturated carbocycles. The quantitative estimate of drug-likeness (QED) is 0.183. The van der Waals surface area contributed by atoms with Crippen LogP contribution in [-0.2, 0) is 0 Å². The highest BCUT2D eigenvalue weighted by molar-refractivity contribution is 7.40. The fourth-order valence-electron chi connectivity index (χ4n) is 5.06. The topological polar surface area (TPSA) is 0 Å². The third-order valence-electron chi connectivity index (χ3n) is 7.75. The molecule has 0 amide bonds. The van der Waals surface area contributed by atoms with Crippen molar-refractivity contribution in [3.8, 4) is 0 Å². The summed E-state index contributed by atoms with van der Waals surface area (Å²) in [5.41, 5.74) is 2.60. The van der Waals surface area contributed by atoms with Crippen molar-refractivity contribution >= 4 is 87.1 Å². The zero-order chi connectivity index (χ0) is 29.1. The Morgan fingerprint density at radius 1 is 0.342 bits per heavy atom. The first-order valence-corrected chi connectivity index (χ1v) is 31.1. The van der Waals surface area contributed by atoms with Crippen LogP contribution in [0.15, 0.2) is 54.6 Å². The molecule has 0 bridgehead atoms. The Morgan fingerprint density at radius 3 is 0.789 bits per heavy atom. The van der Waals surface area contributed by atoms with Crippen molar-refractivity contribution in [3.63, 3.8) is 0 Å². The molecule has 0 aliphatic heterocycles. The van der Waals surface area contributed by atoms with E-state index in [9.17, 15) is 0 Å². The largest absolute Gasteiger partial charge is 0.247 e. The lowest BCUT2D eigenvalue weighted by Crippen LogP contribution is -2.67. The highest BCUT2D eigenvalue weighted by Gasteiger charge is 2.41. The van der Waals surface area contributed by atoms with E-state index in [0.29, 0.717) is 0 Å². The molecular weight excluding hydrogens is 560 g/mol. The van der Waals surface area contributed by atoms with E-state index < -0.39 is 39.7 Å². The van der Waals surface area contributed by atoms with Crippen LogP contribution in [-0.4, -0.2) is 39.7 Å². The summed E-state index contributed by atoms with van der Waals surface area (Å²) in [5.74, 6) is 0. The number of halogens is 1. The van der Waals surface area contributed by atoms with Crippen molar-refractivity contribution in [1.29, 1.82) is 0 Å². The summed E-state index contributed by atoms with van der Waals surface area (Å²) in [7, 11) is -9.06. The Bertz CT molecular complexity index is 1170. The molecule has 0 fully saturated rings. The maximum Gasteiger partial charge on any atom is 0.247 e. The molecule has 38 heavy (non-hydrogen) atoms. The highest BCUT2D eigenvalue weighted by Crippen LogP contribution is 2.17. The van der Waals surface area contributed by atoms with Crippen molar-refractivity contribution in [1.82, 2.24) is 0 Å². The summed E-state index contributed by atoms with van der Waals surface area (Å²) in [5, 5.41) is 10.3. The number of benzene rings is 3. The van der Waals surface area contributed by atoms with Crippen molar-refractivity contribution < 1.29 is 0 Å². The average molecular weight is 612 g/mol. The maximum atomic E-state index is 8.35. The van der Waals surface area contributed by atoms with Gasteiger partial charge >= 0.3 is 0 Å². The Morgan fingerprint density at radius 2 is 0.553 bits per heavy atom. The molecule has 0 spiro atoms. The monoisotopic (exact) mass is 610 g/mol. The van der Waals surface area contributed by atoms with Gasteiger partial charge in [-0.2, -0.15) is 0 Å². The number of hydrogen-bond donors (Lipinski definition) is 0. The predicted octanol–water partition coefficient (Wildman–Crippen LogP) is 5.69.